The van der Waals surface area contributed by atoms with Gasteiger partial charge in [0, 0.05) is 35.4 Å². The standard InChI is InChI=1S/C11H22N2O2S/c1-9(16(3)15)6-7-12-8-11(14)13(2)10-4-5-10/h9-10,12H,4-8H2,1-3H3. The third-order valence-electron chi connectivity index (χ3n) is 3.06. The Hall–Kier alpha value is -0.420. The van der Waals surface area contributed by atoms with E-state index in [2.05, 4.69) is 5.32 Å². The highest BCUT2D eigenvalue weighted by molar-refractivity contribution is 7.84. The molecule has 0 aromatic rings. The first kappa shape index (κ1) is 13.6. The van der Waals surface area contributed by atoms with Crippen molar-refractivity contribution in [2.45, 2.75) is 37.5 Å². The van der Waals surface area contributed by atoms with Crippen molar-refractivity contribution >= 4 is 16.7 Å². The van der Waals surface area contributed by atoms with Crippen LogP contribution in [0, 0.1) is 0 Å². The summed E-state index contributed by atoms with van der Waals surface area (Å²) in [6.45, 7) is 3.12. The summed E-state index contributed by atoms with van der Waals surface area (Å²) in [6.07, 6.45) is 4.86. The largest absolute Gasteiger partial charge is 0.342 e. The van der Waals surface area contributed by atoms with Crippen LogP contribution in [-0.4, -0.2) is 52.7 Å². The van der Waals surface area contributed by atoms with Crippen LogP contribution in [0.4, 0.5) is 0 Å². The first-order chi connectivity index (χ1) is 7.52. The van der Waals surface area contributed by atoms with Crippen molar-refractivity contribution in [1.29, 1.82) is 0 Å². The summed E-state index contributed by atoms with van der Waals surface area (Å²) in [4.78, 5) is 13.4. The monoisotopic (exact) mass is 246 g/mol. The average molecular weight is 246 g/mol. The SMILES string of the molecule is CC(CCNCC(=O)N(C)C1CC1)S(C)=O. The lowest BCUT2D eigenvalue weighted by Crippen LogP contribution is -2.37. The molecule has 1 aliphatic rings. The molecule has 1 amide bonds. The molecule has 94 valence electrons. The smallest absolute Gasteiger partial charge is 0.236 e. The molecule has 0 aromatic heterocycles. The molecular weight excluding hydrogens is 224 g/mol. The lowest BCUT2D eigenvalue weighted by molar-refractivity contribution is -0.129. The number of nitrogens with one attached hydrogen (secondary N) is 1. The Morgan fingerprint density at radius 3 is 2.69 bits per heavy atom. The zero-order valence-electron chi connectivity index (χ0n) is 10.4. The van der Waals surface area contributed by atoms with Crippen LogP contribution in [0.5, 0.6) is 0 Å². The molecule has 2 atom stereocenters. The van der Waals surface area contributed by atoms with Gasteiger partial charge >= 0.3 is 0 Å². The summed E-state index contributed by atoms with van der Waals surface area (Å²) in [5.41, 5.74) is 0. The third-order valence-corrected chi connectivity index (χ3v) is 4.43. The molecule has 0 aliphatic heterocycles. The van der Waals surface area contributed by atoms with Gasteiger partial charge < -0.3 is 10.2 Å². The lowest BCUT2D eigenvalue weighted by atomic mass is 10.3. The van der Waals surface area contributed by atoms with Gasteiger partial charge in [0.2, 0.25) is 5.91 Å². The molecule has 0 saturated heterocycles. The van der Waals surface area contributed by atoms with Crippen LogP contribution in [0.1, 0.15) is 26.2 Å². The van der Waals surface area contributed by atoms with E-state index in [1.807, 2.05) is 18.9 Å². The molecule has 1 N–H and O–H groups in total. The Morgan fingerprint density at radius 1 is 1.56 bits per heavy atom. The molecule has 16 heavy (non-hydrogen) atoms. The molecule has 1 rings (SSSR count). The Labute approximate surface area is 100 Å². The second kappa shape index (κ2) is 6.35. The molecule has 0 heterocycles. The molecule has 4 nitrogen and oxygen atoms in total. The van der Waals surface area contributed by atoms with Crippen molar-refractivity contribution in [2.75, 3.05) is 26.4 Å². The summed E-state index contributed by atoms with van der Waals surface area (Å²) in [5.74, 6) is 0.160. The zero-order chi connectivity index (χ0) is 12.1. The lowest BCUT2D eigenvalue weighted by Gasteiger charge is -2.16. The normalized spacial score (nSPS) is 19.2. The molecule has 5 heteroatoms. The fourth-order valence-corrected chi connectivity index (χ4v) is 1.91. The molecule has 1 aliphatic carbocycles. The van der Waals surface area contributed by atoms with E-state index in [4.69, 9.17) is 0 Å². The zero-order valence-corrected chi connectivity index (χ0v) is 11.2. The summed E-state index contributed by atoms with van der Waals surface area (Å²) in [7, 11) is 1.10. The van der Waals surface area contributed by atoms with Gasteiger partial charge in [0.25, 0.3) is 0 Å². The van der Waals surface area contributed by atoms with E-state index in [1.165, 1.54) is 0 Å². The molecule has 1 saturated carbocycles. The van der Waals surface area contributed by atoms with Crippen LogP contribution in [0.3, 0.4) is 0 Å². The number of likely N-dealkylation sites (N-methyl/N-ethyl adjacent to an activating group) is 1. The second-order valence-electron chi connectivity index (χ2n) is 4.51. The van der Waals surface area contributed by atoms with E-state index < -0.39 is 10.8 Å². The van der Waals surface area contributed by atoms with E-state index in [-0.39, 0.29) is 11.2 Å². The summed E-state index contributed by atoms with van der Waals surface area (Å²) in [5, 5.41) is 3.31. The fraction of sp³-hybridized carbons (Fsp3) is 0.909. The van der Waals surface area contributed by atoms with Crippen molar-refractivity contribution in [3.8, 4) is 0 Å². The van der Waals surface area contributed by atoms with Gasteiger partial charge in [-0.2, -0.15) is 0 Å². The number of carbonyl (C=O) groups excluding carboxylic acids is 1. The Kier molecular flexibility index (Phi) is 5.41. The average Bonchev–Trinajstić information content (AvgIpc) is 3.06. The van der Waals surface area contributed by atoms with E-state index in [1.54, 1.807) is 6.26 Å². The van der Waals surface area contributed by atoms with Crippen molar-refractivity contribution in [3.05, 3.63) is 0 Å². The van der Waals surface area contributed by atoms with Gasteiger partial charge in [0.15, 0.2) is 0 Å². The topological polar surface area (TPSA) is 49.4 Å². The minimum Gasteiger partial charge on any atom is -0.342 e. The maximum atomic E-state index is 11.6. The quantitative estimate of drug-likeness (QED) is 0.660. The van der Waals surface area contributed by atoms with Gasteiger partial charge in [-0.3, -0.25) is 9.00 Å². The Bertz CT molecular complexity index is 267. The first-order valence-electron chi connectivity index (χ1n) is 5.81. The molecule has 0 aromatic carbocycles. The number of hydrogen-bond donors (Lipinski definition) is 1. The van der Waals surface area contributed by atoms with Crippen LogP contribution in [-0.2, 0) is 15.6 Å². The van der Waals surface area contributed by atoms with Crippen molar-refractivity contribution in [3.63, 3.8) is 0 Å². The van der Waals surface area contributed by atoms with Gasteiger partial charge in [-0.15, -0.1) is 0 Å². The number of rotatable bonds is 7. The van der Waals surface area contributed by atoms with Crippen molar-refractivity contribution in [2.24, 2.45) is 0 Å². The molecule has 0 radical (unpaired) electrons. The minimum atomic E-state index is -0.766. The fourth-order valence-electron chi connectivity index (χ4n) is 1.46. The number of amides is 1. The molecular formula is C11H22N2O2S. The van der Waals surface area contributed by atoms with Gasteiger partial charge in [-0.05, 0) is 25.8 Å². The van der Waals surface area contributed by atoms with E-state index in [9.17, 15) is 9.00 Å². The Morgan fingerprint density at radius 2 is 2.19 bits per heavy atom. The highest BCUT2D eigenvalue weighted by Crippen LogP contribution is 2.24. The molecule has 0 bridgehead atoms. The predicted octanol–water partition coefficient (Wildman–Crippen LogP) is 0.354. The van der Waals surface area contributed by atoms with Crippen molar-refractivity contribution < 1.29 is 9.00 Å². The van der Waals surface area contributed by atoms with Crippen LogP contribution >= 0.6 is 0 Å². The van der Waals surface area contributed by atoms with Crippen LogP contribution in [0.2, 0.25) is 0 Å². The van der Waals surface area contributed by atoms with Crippen LogP contribution < -0.4 is 5.32 Å². The molecule has 2 unspecified atom stereocenters. The van der Waals surface area contributed by atoms with Crippen LogP contribution in [0.25, 0.3) is 0 Å². The number of hydrogen-bond acceptors (Lipinski definition) is 3. The molecule has 1 fully saturated rings. The Balaban J connectivity index is 2.06. The third kappa shape index (κ3) is 4.61. The maximum absolute atomic E-state index is 11.6. The van der Waals surface area contributed by atoms with Gasteiger partial charge in [-0.25, -0.2) is 0 Å². The summed E-state index contributed by atoms with van der Waals surface area (Å²) in [6, 6.07) is 0.483. The van der Waals surface area contributed by atoms with E-state index in [0.29, 0.717) is 12.6 Å². The summed E-state index contributed by atoms with van der Waals surface area (Å²) < 4.78 is 11.1. The highest BCUT2D eigenvalue weighted by Gasteiger charge is 2.28. The summed E-state index contributed by atoms with van der Waals surface area (Å²) >= 11 is 0. The van der Waals surface area contributed by atoms with E-state index >= 15 is 0 Å². The maximum Gasteiger partial charge on any atom is 0.236 e. The van der Waals surface area contributed by atoms with Gasteiger partial charge in [0.05, 0.1) is 6.54 Å². The molecule has 0 spiro atoms. The first-order valence-corrected chi connectivity index (χ1v) is 7.43. The van der Waals surface area contributed by atoms with E-state index in [0.717, 1.165) is 25.8 Å². The van der Waals surface area contributed by atoms with Crippen LogP contribution in [0.15, 0.2) is 0 Å². The van der Waals surface area contributed by atoms with Gasteiger partial charge in [0.1, 0.15) is 0 Å². The number of carbonyl (C=O) groups is 1. The second-order valence-corrected chi connectivity index (χ2v) is 6.31. The van der Waals surface area contributed by atoms with Gasteiger partial charge in [-0.1, -0.05) is 6.92 Å². The highest BCUT2D eigenvalue weighted by atomic mass is 32.2. The van der Waals surface area contributed by atoms with Crippen molar-refractivity contribution in [1.82, 2.24) is 10.2 Å². The number of nitrogens with zero attached hydrogens (tertiary/aromatic N) is 1. The minimum absolute atomic E-state index is 0.160. The predicted molar refractivity (Wildman–Crippen MR) is 66.8 cm³/mol.